The number of benzene rings is 1. The van der Waals surface area contributed by atoms with Crippen LogP contribution in [0.1, 0.15) is 11.3 Å². The number of carbonyl (C=O) groups excluding carboxylic acids is 1. The molecule has 126 valence electrons. The highest BCUT2D eigenvalue weighted by atomic mass is 35.5. The van der Waals surface area contributed by atoms with Gasteiger partial charge in [-0.15, -0.1) is 11.3 Å². The first-order valence-corrected chi connectivity index (χ1v) is 9.01. The second-order valence-electron chi connectivity index (χ2n) is 5.10. The molecule has 0 aliphatic rings. The maximum Gasteiger partial charge on any atom is 0.244 e. The normalized spacial score (nSPS) is 11.0. The van der Waals surface area contributed by atoms with Crippen LogP contribution in [0.4, 0.5) is 0 Å². The number of halogens is 2. The first-order valence-electron chi connectivity index (χ1n) is 7.37. The zero-order valence-electron chi connectivity index (χ0n) is 12.9. The second-order valence-corrected chi connectivity index (χ2v) is 6.80. The highest BCUT2D eigenvalue weighted by Gasteiger charge is 2.06. The Morgan fingerprint density at radius 2 is 2.16 bits per heavy atom. The first-order chi connectivity index (χ1) is 12.1. The van der Waals surface area contributed by atoms with E-state index in [-0.39, 0.29) is 5.91 Å². The van der Waals surface area contributed by atoms with Crippen molar-refractivity contribution in [2.75, 3.05) is 0 Å². The third-order valence-corrected chi connectivity index (χ3v) is 4.78. The number of nitrogens with zero attached hydrogens (tertiary/aromatic N) is 2. The van der Waals surface area contributed by atoms with Crippen LogP contribution >= 0.6 is 34.5 Å². The van der Waals surface area contributed by atoms with Crippen LogP contribution in [0.25, 0.3) is 16.6 Å². The first kappa shape index (κ1) is 17.6. The Balaban J connectivity index is 1.57. The summed E-state index contributed by atoms with van der Waals surface area (Å²) < 4.78 is 0. The molecular weight excluding hydrogens is 377 g/mol. The van der Waals surface area contributed by atoms with Crippen molar-refractivity contribution in [1.29, 1.82) is 0 Å². The van der Waals surface area contributed by atoms with Crippen LogP contribution in [0.3, 0.4) is 0 Å². The number of hydrogen-bond donors (Lipinski definition) is 1. The summed E-state index contributed by atoms with van der Waals surface area (Å²) in [7, 11) is 0. The molecule has 25 heavy (non-hydrogen) atoms. The molecule has 1 N–H and O–H groups in total. The van der Waals surface area contributed by atoms with Crippen LogP contribution in [0.5, 0.6) is 0 Å². The van der Waals surface area contributed by atoms with Crippen molar-refractivity contribution in [1.82, 2.24) is 15.3 Å². The van der Waals surface area contributed by atoms with Crippen LogP contribution in [-0.4, -0.2) is 15.9 Å². The molecule has 0 spiro atoms. The monoisotopic (exact) mass is 389 g/mol. The van der Waals surface area contributed by atoms with Gasteiger partial charge in [-0.05, 0) is 35.9 Å². The lowest BCUT2D eigenvalue weighted by atomic mass is 10.2. The standard InChI is InChI=1S/C18H13Cl2N3OS/c19-14-5-3-12(16(20)8-14)4-6-17(24)22-10-15-11-25-18(23-15)13-2-1-7-21-9-13/h1-9,11H,10H2,(H,22,24)/b6-4+. The van der Waals surface area contributed by atoms with E-state index in [1.165, 1.54) is 17.4 Å². The molecule has 7 heteroatoms. The Bertz CT molecular complexity index is 910. The van der Waals surface area contributed by atoms with E-state index in [1.54, 1.807) is 36.7 Å². The Morgan fingerprint density at radius 3 is 2.92 bits per heavy atom. The molecule has 0 aliphatic heterocycles. The smallest absolute Gasteiger partial charge is 0.244 e. The molecule has 1 aromatic carbocycles. The molecule has 2 aromatic heterocycles. The van der Waals surface area contributed by atoms with Crippen molar-refractivity contribution in [2.24, 2.45) is 0 Å². The minimum atomic E-state index is -0.220. The summed E-state index contributed by atoms with van der Waals surface area (Å²) in [6.07, 6.45) is 6.57. The van der Waals surface area contributed by atoms with E-state index in [0.717, 1.165) is 21.8 Å². The maximum atomic E-state index is 11.9. The van der Waals surface area contributed by atoms with Crippen molar-refractivity contribution in [2.45, 2.75) is 6.54 Å². The van der Waals surface area contributed by atoms with E-state index in [1.807, 2.05) is 17.5 Å². The number of carbonyl (C=O) groups is 1. The number of thiazole rings is 1. The molecule has 0 fully saturated rings. The Morgan fingerprint density at radius 1 is 1.28 bits per heavy atom. The van der Waals surface area contributed by atoms with Crippen molar-refractivity contribution in [3.8, 4) is 10.6 Å². The Labute approximate surface area is 159 Å². The van der Waals surface area contributed by atoms with E-state index in [2.05, 4.69) is 15.3 Å². The average Bonchev–Trinajstić information content (AvgIpc) is 3.09. The zero-order valence-corrected chi connectivity index (χ0v) is 15.3. The molecule has 4 nitrogen and oxygen atoms in total. The molecule has 0 aliphatic carbocycles. The van der Waals surface area contributed by atoms with Gasteiger partial charge in [0.05, 0.1) is 12.2 Å². The SMILES string of the molecule is O=C(/C=C/c1ccc(Cl)cc1Cl)NCc1csc(-c2cccnc2)n1. The highest BCUT2D eigenvalue weighted by molar-refractivity contribution is 7.13. The van der Waals surface area contributed by atoms with Crippen molar-refractivity contribution in [3.63, 3.8) is 0 Å². The Kier molecular flexibility index (Phi) is 5.81. The van der Waals surface area contributed by atoms with Gasteiger partial charge in [0.25, 0.3) is 0 Å². The number of nitrogens with one attached hydrogen (secondary N) is 1. The highest BCUT2D eigenvalue weighted by Crippen LogP contribution is 2.23. The summed E-state index contributed by atoms with van der Waals surface area (Å²) in [5.41, 5.74) is 2.49. The van der Waals surface area contributed by atoms with E-state index in [4.69, 9.17) is 23.2 Å². The number of aromatic nitrogens is 2. The summed E-state index contributed by atoms with van der Waals surface area (Å²) >= 11 is 13.4. The van der Waals surface area contributed by atoms with Gasteiger partial charge >= 0.3 is 0 Å². The Hall–Kier alpha value is -2.21. The lowest BCUT2D eigenvalue weighted by Gasteiger charge is -2.00. The molecule has 0 saturated carbocycles. The van der Waals surface area contributed by atoms with Gasteiger partial charge in [0.1, 0.15) is 5.01 Å². The van der Waals surface area contributed by atoms with Crippen LogP contribution in [0.15, 0.2) is 54.2 Å². The van der Waals surface area contributed by atoms with Crippen LogP contribution in [-0.2, 0) is 11.3 Å². The molecule has 0 bridgehead atoms. The molecule has 2 heterocycles. The molecule has 0 radical (unpaired) electrons. The summed E-state index contributed by atoms with van der Waals surface area (Å²) in [4.78, 5) is 20.5. The fraction of sp³-hybridized carbons (Fsp3) is 0.0556. The van der Waals surface area contributed by atoms with Gasteiger partial charge in [0.2, 0.25) is 5.91 Å². The van der Waals surface area contributed by atoms with Crippen LogP contribution < -0.4 is 5.32 Å². The maximum absolute atomic E-state index is 11.9. The van der Waals surface area contributed by atoms with E-state index in [9.17, 15) is 4.79 Å². The third-order valence-electron chi connectivity index (χ3n) is 3.28. The average molecular weight is 390 g/mol. The molecule has 0 unspecified atom stereocenters. The largest absolute Gasteiger partial charge is 0.347 e. The molecule has 3 rings (SSSR count). The second kappa shape index (κ2) is 8.25. The van der Waals surface area contributed by atoms with E-state index in [0.29, 0.717) is 16.6 Å². The third kappa shape index (κ3) is 4.89. The van der Waals surface area contributed by atoms with E-state index < -0.39 is 0 Å². The number of hydrogen-bond acceptors (Lipinski definition) is 4. The molecular formula is C18H13Cl2N3OS. The number of pyridine rings is 1. The predicted molar refractivity (Wildman–Crippen MR) is 103 cm³/mol. The fourth-order valence-electron chi connectivity index (χ4n) is 2.05. The van der Waals surface area contributed by atoms with Crippen LogP contribution in [0.2, 0.25) is 10.0 Å². The van der Waals surface area contributed by atoms with Crippen molar-refractivity contribution >= 4 is 46.5 Å². The lowest BCUT2D eigenvalue weighted by Crippen LogP contribution is -2.20. The molecule has 3 aromatic rings. The minimum Gasteiger partial charge on any atom is -0.347 e. The molecule has 0 saturated heterocycles. The van der Waals surface area contributed by atoms with E-state index >= 15 is 0 Å². The molecule has 1 amide bonds. The summed E-state index contributed by atoms with van der Waals surface area (Å²) in [5.74, 6) is -0.220. The van der Waals surface area contributed by atoms with Crippen molar-refractivity contribution < 1.29 is 4.79 Å². The topological polar surface area (TPSA) is 54.9 Å². The molecule has 0 atom stereocenters. The zero-order chi connectivity index (χ0) is 17.6. The fourth-order valence-corrected chi connectivity index (χ4v) is 3.33. The van der Waals surface area contributed by atoms with Gasteiger partial charge in [0.15, 0.2) is 0 Å². The number of rotatable bonds is 5. The van der Waals surface area contributed by atoms with Gasteiger partial charge in [0, 0.05) is 39.5 Å². The van der Waals surface area contributed by atoms with Gasteiger partial charge in [-0.3, -0.25) is 9.78 Å². The van der Waals surface area contributed by atoms with Crippen molar-refractivity contribution in [3.05, 3.63) is 75.5 Å². The van der Waals surface area contributed by atoms with Crippen LogP contribution in [0, 0.1) is 0 Å². The predicted octanol–water partition coefficient (Wildman–Crippen LogP) is 4.84. The summed E-state index contributed by atoms with van der Waals surface area (Å²) in [5, 5.41) is 6.65. The summed E-state index contributed by atoms with van der Waals surface area (Å²) in [6.45, 7) is 0.355. The van der Waals surface area contributed by atoms with Gasteiger partial charge in [-0.2, -0.15) is 0 Å². The quantitative estimate of drug-likeness (QED) is 0.635. The van der Waals surface area contributed by atoms with Gasteiger partial charge in [-0.1, -0.05) is 29.3 Å². The minimum absolute atomic E-state index is 0.220. The summed E-state index contributed by atoms with van der Waals surface area (Å²) in [6, 6.07) is 8.93. The van der Waals surface area contributed by atoms with Gasteiger partial charge < -0.3 is 5.32 Å². The number of amides is 1. The van der Waals surface area contributed by atoms with Gasteiger partial charge in [-0.25, -0.2) is 4.98 Å². The lowest BCUT2D eigenvalue weighted by molar-refractivity contribution is -0.116.